The second-order valence-corrected chi connectivity index (χ2v) is 6.62. The predicted molar refractivity (Wildman–Crippen MR) is 101 cm³/mol. The summed E-state index contributed by atoms with van der Waals surface area (Å²) in [5, 5.41) is 15.6. The maximum atomic E-state index is 12.5. The van der Waals surface area contributed by atoms with Crippen molar-refractivity contribution in [1.82, 2.24) is 20.3 Å². The number of hydrogen-bond acceptors (Lipinski definition) is 5. The summed E-state index contributed by atoms with van der Waals surface area (Å²) in [6.07, 6.45) is 3.57. The lowest BCUT2D eigenvalue weighted by Crippen LogP contribution is -2.30. The number of aliphatic hydroxyl groups is 1. The molecule has 7 heteroatoms. The minimum absolute atomic E-state index is 0.178. The number of rotatable bonds is 5. The quantitative estimate of drug-likeness (QED) is 0.507. The Hall–Kier alpha value is -3.03. The zero-order valence-electron chi connectivity index (χ0n) is 13.7. The molecule has 0 bridgehead atoms. The normalized spacial score (nSPS) is 12.2. The van der Waals surface area contributed by atoms with Crippen LogP contribution in [0.1, 0.15) is 21.4 Å². The zero-order chi connectivity index (χ0) is 17.9. The van der Waals surface area contributed by atoms with Crippen LogP contribution in [0.4, 0.5) is 0 Å². The van der Waals surface area contributed by atoms with Crippen LogP contribution in [0.25, 0.3) is 22.3 Å². The second-order valence-electron chi connectivity index (χ2n) is 5.76. The number of nitrogens with one attached hydrogen (secondary N) is 2. The van der Waals surface area contributed by atoms with Crippen LogP contribution in [0.3, 0.4) is 0 Å². The largest absolute Gasteiger partial charge is 0.394 e. The first-order valence-corrected chi connectivity index (χ1v) is 8.99. The highest BCUT2D eigenvalue weighted by Crippen LogP contribution is 2.28. The number of aromatic nitrogens is 3. The molecule has 0 aliphatic rings. The van der Waals surface area contributed by atoms with Gasteiger partial charge in [-0.05, 0) is 17.7 Å². The van der Waals surface area contributed by atoms with Crippen molar-refractivity contribution in [2.45, 2.75) is 6.04 Å². The van der Waals surface area contributed by atoms with E-state index in [-0.39, 0.29) is 12.5 Å². The van der Waals surface area contributed by atoms with Crippen LogP contribution in [-0.2, 0) is 0 Å². The molecular formula is C19H16N4O2S. The van der Waals surface area contributed by atoms with Crippen molar-refractivity contribution in [3.8, 4) is 11.3 Å². The summed E-state index contributed by atoms with van der Waals surface area (Å²) in [5.74, 6) is -0.304. The van der Waals surface area contributed by atoms with Gasteiger partial charge in [-0.1, -0.05) is 30.3 Å². The van der Waals surface area contributed by atoms with Gasteiger partial charge >= 0.3 is 0 Å². The van der Waals surface area contributed by atoms with Gasteiger partial charge in [0.1, 0.15) is 5.65 Å². The van der Waals surface area contributed by atoms with Gasteiger partial charge in [0.05, 0.1) is 18.3 Å². The summed E-state index contributed by atoms with van der Waals surface area (Å²) in [6.45, 7) is -0.178. The Morgan fingerprint density at radius 2 is 2.08 bits per heavy atom. The number of carbonyl (C=O) groups is 1. The van der Waals surface area contributed by atoms with E-state index < -0.39 is 6.04 Å². The van der Waals surface area contributed by atoms with E-state index in [1.54, 1.807) is 6.20 Å². The minimum Gasteiger partial charge on any atom is -0.394 e. The Morgan fingerprint density at radius 1 is 1.23 bits per heavy atom. The molecule has 1 atom stereocenters. The van der Waals surface area contributed by atoms with Gasteiger partial charge in [0, 0.05) is 28.7 Å². The van der Waals surface area contributed by atoms with Gasteiger partial charge in [-0.3, -0.25) is 4.79 Å². The molecule has 0 aliphatic heterocycles. The summed E-state index contributed by atoms with van der Waals surface area (Å²) in [6, 6.07) is 12.7. The SMILES string of the molecule is O=C(N[C@H](CO)c1ccccc1)c1nc(-c2c[nH]c3ncccc23)cs1. The number of thiazole rings is 1. The number of aromatic amines is 1. The summed E-state index contributed by atoms with van der Waals surface area (Å²) in [5.41, 5.74) is 3.26. The highest BCUT2D eigenvalue weighted by Gasteiger charge is 2.18. The number of benzene rings is 1. The van der Waals surface area contributed by atoms with Crippen LogP contribution in [0, 0.1) is 0 Å². The smallest absolute Gasteiger partial charge is 0.280 e. The first-order valence-electron chi connectivity index (χ1n) is 8.11. The Labute approximate surface area is 153 Å². The summed E-state index contributed by atoms with van der Waals surface area (Å²) in [4.78, 5) is 24.4. The number of amides is 1. The van der Waals surface area contributed by atoms with E-state index in [0.29, 0.717) is 5.01 Å². The van der Waals surface area contributed by atoms with E-state index in [4.69, 9.17) is 0 Å². The van der Waals surface area contributed by atoms with Crippen LogP contribution < -0.4 is 5.32 Å². The number of nitrogens with zero attached hydrogens (tertiary/aromatic N) is 2. The van der Waals surface area contributed by atoms with E-state index in [9.17, 15) is 9.90 Å². The van der Waals surface area contributed by atoms with Gasteiger partial charge in [0.15, 0.2) is 5.01 Å². The fourth-order valence-corrected chi connectivity index (χ4v) is 3.53. The number of carbonyl (C=O) groups excluding carboxylic acids is 1. The molecule has 1 aromatic carbocycles. The predicted octanol–water partition coefficient (Wildman–Crippen LogP) is 3.15. The van der Waals surface area contributed by atoms with Crippen LogP contribution >= 0.6 is 11.3 Å². The number of fused-ring (bicyclic) bond motifs is 1. The highest BCUT2D eigenvalue weighted by molar-refractivity contribution is 7.12. The number of hydrogen-bond donors (Lipinski definition) is 3. The fourth-order valence-electron chi connectivity index (χ4n) is 2.81. The van der Waals surface area contributed by atoms with Gasteiger partial charge in [0.2, 0.25) is 0 Å². The third-order valence-electron chi connectivity index (χ3n) is 4.12. The Balaban J connectivity index is 1.57. The summed E-state index contributed by atoms with van der Waals surface area (Å²) >= 11 is 1.27. The van der Waals surface area contributed by atoms with Crippen molar-refractivity contribution in [3.05, 3.63) is 70.8 Å². The van der Waals surface area contributed by atoms with Crippen LogP contribution in [-0.4, -0.2) is 32.6 Å². The molecule has 0 radical (unpaired) electrons. The van der Waals surface area contributed by atoms with Crippen molar-refractivity contribution < 1.29 is 9.90 Å². The molecule has 0 saturated carbocycles. The molecule has 6 nitrogen and oxygen atoms in total. The average Bonchev–Trinajstić information content (AvgIpc) is 3.33. The first kappa shape index (κ1) is 16.4. The lowest BCUT2D eigenvalue weighted by Gasteiger charge is -2.15. The van der Waals surface area contributed by atoms with Gasteiger partial charge < -0.3 is 15.4 Å². The van der Waals surface area contributed by atoms with Crippen molar-refractivity contribution in [1.29, 1.82) is 0 Å². The van der Waals surface area contributed by atoms with Gasteiger partial charge in [0.25, 0.3) is 5.91 Å². The molecule has 4 aromatic rings. The number of H-pyrrole nitrogens is 1. The molecule has 0 unspecified atom stereocenters. The van der Waals surface area contributed by atoms with E-state index in [1.807, 2.05) is 54.0 Å². The van der Waals surface area contributed by atoms with E-state index in [1.165, 1.54) is 11.3 Å². The topological polar surface area (TPSA) is 90.9 Å². The third-order valence-corrected chi connectivity index (χ3v) is 4.96. The molecule has 0 fully saturated rings. The minimum atomic E-state index is -0.465. The molecule has 0 spiro atoms. The van der Waals surface area contributed by atoms with Crippen LogP contribution in [0.5, 0.6) is 0 Å². The zero-order valence-corrected chi connectivity index (χ0v) is 14.5. The molecule has 1 amide bonds. The van der Waals surface area contributed by atoms with Crippen molar-refractivity contribution >= 4 is 28.3 Å². The standard InChI is InChI=1S/C19H16N4O2S/c24-10-15(12-5-2-1-3-6-12)22-18(25)19-23-16(11-26-19)14-9-21-17-13(14)7-4-8-20-17/h1-9,11,15,24H,10H2,(H,20,21)(H,22,25)/t15-/m1/s1. The van der Waals surface area contributed by atoms with Gasteiger partial charge in [-0.2, -0.15) is 0 Å². The van der Waals surface area contributed by atoms with Crippen molar-refractivity contribution in [2.75, 3.05) is 6.61 Å². The van der Waals surface area contributed by atoms with Gasteiger partial charge in [-0.15, -0.1) is 11.3 Å². The molecule has 3 aromatic heterocycles. The molecule has 0 aliphatic carbocycles. The Kier molecular flexibility index (Phi) is 4.47. The molecule has 3 N–H and O–H groups in total. The van der Waals surface area contributed by atoms with Crippen LogP contribution in [0.15, 0.2) is 60.2 Å². The van der Waals surface area contributed by atoms with E-state index in [2.05, 4.69) is 20.3 Å². The van der Waals surface area contributed by atoms with Crippen LogP contribution in [0.2, 0.25) is 0 Å². The lowest BCUT2D eigenvalue weighted by atomic mass is 10.1. The number of pyridine rings is 1. The summed E-state index contributed by atoms with van der Waals surface area (Å²) in [7, 11) is 0. The monoisotopic (exact) mass is 364 g/mol. The molecule has 130 valence electrons. The number of aliphatic hydroxyl groups excluding tert-OH is 1. The maximum absolute atomic E-state index is 12.5. The molecule has 0 saturated heterocycles. The Bertz CT molecular complexity index is 1040. The molecule has 26 heavy (non-hydrogen) atoms. The second kappa shape index (κ2) is 7.07. The average molecular weight is 364 g/mol. The fraction of sp³-hybridized carbons (Fsp3) is 0.105. The van der Waals surface area contributed by atoms with Gasteiger partial charge in [-0.25, -0.2) is 9.97 Å². The van der Waals surface area contributed by atoms with Crippen molar-refractivity contribution in [2.24, 2.45) is 0 Å². The third kappa shape index (κ3) is 3.10. The summed E-state index contributed by atoms with van der Waals surface area (Å²) < 4.78 is 0. The maximum Gasteiger partial charge on any atom is 0.280 e. The van der Waals surface area contributed by atoms with E-state index in [0.717, 1.165) is 27.9 Å². The Morgan fingerprint density at radius 3 is 2.88 bits per heavy atom. The first-order chi connectivity index (χ1) is 12.8. The lowest BCUT2D eigenvalue weighted by molar-refractivity contribution is 0.0916. The molecular weight excluding hydrogens is 348 g/mol. The van der Waals surface area contributed by atoms with Crippen molar-refractivity contribution in [3.63, 3.8) is 0 Å². The van der Waals surface area contributed by atoms with E-state index >= 15 is 0 Å². The highest BCUT2D eigenvalue weighted by atomic mass is 32.1. The molecule has 4 rings (SSSR count). The molecule has 3 heterocycles.